The molecular weight excluding hydrogens is 230 g/mol. The normalized spacial score (nSPS) is 9.72. The number of anilines is 1. The third-order valence-electron chi connectivity index (χ3n) is 2.17. The van der Waals surface area contributed by atoms with Gasteiger partial charge >= 0.3 is 0 Å². The Kier molecular flexibility index (Phi) is 4.66. The third-order valence-corrected chi connectivity index (χ3v) is 2.17. The van der Waals surface area contributed by atoms with E-state index < -0.39 is 0 Å². The van der Waals surface area contributed by atoms with Gasteiger partial charge in [-0.15, -0.1) is 0 Å². The predicted octanol–water partition coefficient (Wildman–Crippen LogP) is 2.80. The van der Waals surface area contributed by atoms with Gasteiger partial charge < -0.3 is 10.1 Å². The first-order chi connectivity index (χ1) is 8.40. The number of nitrogens with one attached hydrogen (secondary N) is 1. The van der Waals surface area contributed by atoms with Crippen LogP contribution in [0.25, 0.3) is 0 Å². The standard InChI is InChI=1S/C14H17NO3/c1-9(2)8-18-14-6-5-12(10(3)16)7-13(14)15-11(4)17/h5-7H,1,8H2,2-4H3,(H,15,17). The van der Waals surface area contributed by atoms with Crippen LogP contribution in [0.1, 0.15) is 31.1 Å². The van der Waals surface area contributed by atoms with Crippen LogP contribution in [-0.2, 0) is 4.79 Å². The Hall–Kier alpha value is -2.10. The number of carbonyl (C=O) groups is 2. The van der Waals surface area contributed by atoms with Gasteiger partial charge in [-0.1, -0.05) is 6.58 Å². The van der Waals surface area contributed by atoms with Crippen molar-refractivity contribution in [2.45, 2.75) is 20.8 Å². The summed E-state index contributed by atoms with van der Waals surface area (Å²) in [5.74, 6) is 0.252. The molecule has 0 bridgehead atoms. The summed E-state index contributed by atoms with van der Waals surface area (Å²) >= 11 is 0. The SMILES string of the molecule is C=C(C)COc1ccc(C(C)=O)cc1NC(C)=O. The van der Waals surface area contributed by atoms with E-state index in [9.17, 15) is 9.59 Å². The zero-order chi connectivity index (χ0) is 13.7. The Morgan fingerprint density at radius 2 is 1.94 bits per heavy atom. The fourth-order valence-electron chi connectivity index (χ4n) is 1.36. The van der Waals surface area contributed by atoms with Crippen LogP contribution < -0.4 is 10.1 Å². The average molecular weight is 247 g/mol. The molecule has 0 spiro atoms. The summed E-state index contributed by atoms with van der Waals surface area (Å²) in [6.07, 6.45) is 0. The average Bonchev–Trinajstić information content (AvgIpc) is 2.26. The van der Waals surface area contributed by atoms with E-state index in [-0.39, 0.29) is 11.7 Å². The summed E-state index contributed by atoms with van der Waals surface area (Å²) in [4.78, 5) is 22.4. The van der Waals surface area contributed by atoms with Crippen molar-refractivity contribution < 1.29 is 14.3 Å². The van der Waals surface area contributed by atoms with Gasteiger partial charge in [-0.05, 0) is 37.6 Å². The van der Waals surface area contributed by atoms with Crippen molar-refractivity contribution in [2.24, 2.45) is 0 Å². The molecule has 18 heavy (non-hydrogen) atoms. The van der Waals surface area contributed by atoms with Crippen LogP contribution in [0.4, 0.5) is 5.69 Å². The zero-order valence-corrected chi connectivity index (χ0v) is 10.9. The number of Topliss-reactive ketones (excluding diaryl/α,β-unsaturated/α-hetero) is 1. The Morgan fingerprint density at radius 1 is 1.28 bits per heavy atom. The van der Waals surface area contributed by atoms with Gasteiger partial charge in [0.1, 0.15) is 12.4 Å². The molecule has 4 heteroatoms. The fourth-order valence-corrected chi connectivity index (χ4v) is 1.36. The van der Waals surface area contributed by atoms with Gasteiger partial charge in [-0.2, -0.15) is 0 Å². The molecule has 96 valence electrons. The maximum atomic E-state index is 11.3. The first kappa shape index (κ1) is 14.0. The van der Waals surface area contributed by atoms with Crippen molar-refractivity contribution in [2.75, 3.05) is 11.9 Å². The highest BCUT2D eigenvalue weighted by molar-refractivity contribution is 5.97. The molecule has 1 N–H and O–H groups in total. The molecule has 0 aromatic heterocycles. The molecule has 0 saturated heterocycles. The van der Waals surface area contributed by atoms with Crippen molar-refractivity contribution in [3.63, 3.8) is 0 Å². The molecule has 1 aromatic carbocycles. The van der Waals surface area contributed by atoms with Crippen LogP contribution in [0.2, 0.25) is 0 Å². The Morgan fingerprint density at radius 3 is 2.44 bits per heavy atom. The van der Waals surface area contributed by atoms with Gasteiger partial charge in [0.15, 0.2) is 5.78 Å². The van der Waals surface area contributed by atoms with Crippen LogP contribution in [0.15, 0.2) is 30.4 Å². The lowest BCUT2D eigenvalue weighted by atomic mass is 10.1. The molecular formula is C14H17NO3. The van der Waals surface area contributed by atoms with E-state index >= 15 is 0 Å². The van der Waals surface area contributed by atoms with Crippen molar-refractivity contribution >= 4 is 17.4 Å². The second-order valence-electron chi connectivity index (χ2n) is 4.19. The number of amides is 1. The van der Waals surface area contributed by atoms with Crippen molar-refractivity contribution in [3.05, 3.63) is 35.9 Å². The van der Waals surface area contributed by atoms with Crippen molar-refractivity contribution in [1.29, 1.82) is 0 Å². The van der Waals surface area contributed by atoms with Gasteiger partial charge in [-0.3, -0.25) is 9.59 Å². The lowest BCUT2D eigenvalue weighted by Crippen LogP contribution is -2.09. The largest absolute Gasteiger partial charge is 0.487 e. The van der Waals surface area contributed by atoms with Crippen LogP contribution in [-0.4, -0.2) is 18.3 Å². The van der Waals surface area contributed by atoms with E-state index in [1.807, 2.05) is 6.92 Å². The smallest absolute Gasteiger partial charge is 0.221 e. The minimum Gasteiger partial charge on any atom is -0.487 e. The first-order valence-electron chi connectivity index (χ1n) is 5.60. The molecule has 0 unspecified atom stereocenters. The number of ketones is 1. The summed E-state index contributed by atoms with van der Waals surface area (Å²) in [6.45, 7) is 8.84. The Bertz CT molecular complexity index is 492. The van der Waals surface area contributed by atoms with Gasteiger partial charge in [-0.25, -0.2) is 0 Å². The first-order valence-corrected chi connectivity index (χ1v) is 5.60. The maximum absolute atomic E-state index is 11.3. The molecule has 0 radical (unpaired) electrons. The molecule has 0 aliphatic heterocycles. The summed E-state index contributed by atoms with van der Waals surface area (Å²) in [5.41, 5.74) is 1.90. The van der Waals surface area contributed by atoms with Crippen LogP contribution in [0, 0.1) is 0 Å². The fraction of sp³-hybridized carbons (Fsp3) is 0.286. The van der Waals surface area contributed by atoms with Gasteiger partial charge in [0.05, 0.1) is 5.69 Å². The monoisotopic (exact) mass is 247 g/mol. The molecule has 0 saturated carbocycles. The summed E-state index contributed by atoms with van der Waals surface area (Å²) in [6, 6.07) is 4.95. The van der Waals surface area contributed by atoms with Crippen LogP contribution >= 0.6 is 0 Å². The minimum atomic E-state index is -0.212. The topological polar surface area (TPSA) is 55.4 Å². The molecule has 0 atom stereocenters. The number of hydrogen-bond acceptors (Lipinski definition) is 3. The maximum Gasteiger partial charge on any atom is 0.221 e. The van der Waals surface area contributed by atoms with E-state index in [0.717, 1.165) is 5.57 Å². The predicted molar refractivity (Wildman–Crippen MR) is 71.1 cm³/mol. The highest BCUT2D eigenvalue weighted by Gasteiger charge is 2.09. The number of ether oxygens (including phenoxy) is 1. The third kappa shape index (κ3) is 4.05. The molecule has 1 aromatic rings. The molecule has 0 aliphatic carbocycles. The molecule has 4 nitrogen and oxygen atoms in total. The lowest BCUT2D eigenvalue weighted by molar-refractivity contribution is -0.114. The second kappa shape index (κ2) is 6.00. The van der Waals surface area contributed by atoms with Crippen molar-refractivity contribution in [1.82, 2.24) is 0 Å². The Balaban J connectivity index is 3.03. The van der Waals surface area contributed by atoms with Crippen LogP contribution in [0.5, 0.6) is 5.75 Å². The zero-order valence-electron chi connectivity index (χ0n) is 10.9. The summed E-state index contributed by atoms with van der Waals surface area (Å²) < 4.78 is 5.51. The second-order valence-corrected chi connectivity index (χ2v) is 4.19. The molecule has 0 aliphatic rings. The number of benzene rings is 1. The molecule has 0 fully saturated rings. The molecule has 1 amide bonds. The number of hydrogen-bond donors (Lipinski definition) is 1. The van der Waals surface area contributed by atoms with Gasteiger partial charge in [0.2, 0.25) is 5.91 Å². The lowest BCUT2D eigenvalue weighted by Gasteiger charge is -2.12. The van der Waals surface area contributed by atoms with Gasteiger partial charge in [0.25, 0.3) is 0 Å². The van der Waals surface area contributed by atoms with Crippen molar-refractivity contribution in [3.8, 4) is 5.75 Å². The Labute approximate surface area is 107 Å². The van der Waals surface area contributed by atoms with E-state index in [1.165, 1.54) is 13.8 Å². The minimum absolute atomic E-state index is 0.0620. The number of rotatable bonds is 5. The number of carbonyl (C=O) groups excluding carboxylic acids is 2. The molecule has 1 rings (SSSR count). The van der Waals surface area contributed by atoms with E-state index in [0.29, 0.717) is 23.6 Å². The van der Waals surface area contributed by atoms with E-state index in [4.69, 9.17) is 4.74 Å². The highest BCUT2D eigenvalue weighted by Crippen LogP contribution is 2.26. The van der Waals surface area contributed by atoms with Crippen LogP contribution in [0.3, 0.4) is 0 Å². The van der Waals surface area contributed by atoms with Gasteiger partial charge in [0, 0.05) is 12.5 Å². The quantitative estimate of drug-likeness (QED) is 0.643. The van der Waals surface area contributed by atoms with E-state index in [2.05, 4.69) is 11.9 Å². The summed E-state index contributed by atoms with van der Waals surface area (Å²) in [7, 11) is 0. The highest BCUT2D eigenvalue weighted by atomic mass is 16.5. The van der Waals surface area contributed by atoms with E-state index in [1.54, 1.807) is 18.2 Å². The molecule has 0 heterocycles. The summed E-state index contributed by atoms with van der Waals surface area (Å²) in [5, 5.41) is 2.65.